The molecule has 0 saturated carbocycles. The van der Waals surface area contributed by atoms with Gasteiger partial charge in [-0.25, -0.2) is 9.97 Å². The number of rotatable bonds is 7. The topological polar surface area (TPSA) is 89.8 Å². The molecule has 11 heteroatoms. The van der Waals surface area contributed by atoms with Crippen LogP contribution in [0.1, 0.15) is 26.3 Å². The fourth-order valence-electron chi connectivity index (χ4n) is 5.73. The molecule has 0 radical (unpaired) electrons. The van der Waals surface area contributed by atoms with E-state index in [1.54, 1.807) is 0 Å². The lowest BCUT2D eigenvalue weighted by atomic mass is 10.0. The van der Waals surface area contributed by atoms with Crippen molar-refractivity contribution >= 4 is 67.3 Å². The highest BCUT2D eigenvalue weighted by Gasteiger charge is 2.22. The average Bonchev–Trinajstić information content (AvgIpc) is 3.75. The predicted molar refractivity (Wildman–Crippen MR) is 164 cm³/mol. The van der Waals surface area contributed by atoms with E-state index in [0.717, 1.165) is 88.5 Å². The van der Waals surface area contributed by atoms with Crippen molar-refractivity contribution in [2.45, 2.75) is 13.5 Å². The standard InChI is InChI=1S/C30H29N5O4S2/c1-2-35-23-5-3-19(27-25(17-36)40-29(31-27)33-7-11-38-12-8-33)15-21(23)22-16-20(4-6-24(22)35)28-26(18-37)41-30(32-28)34-9-13-39-14-10-34/h3-6,15-18H,2,7-14H2,1H3. The summed E-state index contributed by atoms with van der Waals surface area (Å²) < 4.78 is 13.3. The fourth-order valence-corrected chi connectivity index (χ4v) is 7.64. The fraction of sp³-hybridized carbons (Fsp3) is 0.333. The van der Waals surface area contributed by atoms with E-state index < -0.39 is 0 Å². The highest BCUT2D eigenvalue weighted by atomic mass is 32.1. The van der Waals surface area contributed by atoms with E-state index in [2.05, 4.69) is 57.7 Å². The Bertz CT molecular complexity index is 1640. The van der Waals surface area contributed by atoms with Crippen molar-refractivity contribution in [3.63, 3.8) is 0 Å². The predicted octanol–water partition coefficient (Wildman–Crippen LogP) is 5.36. The first kappa shape index (κ1) is 26.3. The lowest BCUT2D eigenvalue weighted by molar-refractivity contribution is 0.111. The van der Waals surface area contributed by atoms with Crippen LogP contribution >= 0.6 is 22.7 Å². The molecule has 2 aliphatic heterocycles. The highest BCUT2D eigenvalue weighted by molar-refractivity contribution is 7.18. The molecule has 3 aromatic heterocycles. The lowest BCUT2D eigenvalue weighted by Gasteiger charge is -2.26. The van der Waals surface area contributed by atoms with E-state index in [-0.39, 0.29) is 0 Å². The molecule has 41 heavy (non-hydrogen) atoms. The van der Waals surface area contributed by atoms with E-state index in [0.29, 0.717) is 47.6 Å². The van der Waals surface area contributed by atoms with Gasteiger partial charge in [0, 0.05) is 65.7 Å². The van der Waals surface area contributed by atoms with Gasteiger partial charge < -0.3 is 23.8 Å². The largest absolute Gasteiger partial charge is 0.378 e. The minimum Gasteiger partial charge on any atom is -0.378 e. The summed E-state index contributed by atoms with van der Waals surface area (Å²) in [6.45, 7) is 8.67. The van der Waals surface area contributed by atoms with Crippen LogP contribution < -0.4 is 9.80 Å². The zero-order valence-corrected chi connectivity index (χ0v) is 24.3. The van der Waals surface area contributed by atoms with Crippen LogP contribution in [-0.2, 0) is 16.0 Å². The van der Waals surface area contributed by atoms with Crippen LogP contribution in [0.2, 0.25) is 0 Å². The molecule has 2 fully saturated rings. The number of hydrogen-bond donors (Lipinski definition) is 0. The Morgan fingerprint density at radius 3 is 1.56 bits per heavy atom. The first-order valence-electron chi connectivity index (χ1n) is 13.8. The lowest BCUT2D eigenvalue weighted by Crippen LogP contribution is -2.36. The number of aryl methyl sites for hydroxylation is 1. The smallest absolute Gasteiger partial charge is 0.186 e. The molecule has 210 valence electrons. The van der Waals surface area contributed by atoms with Gasteiger partial charge in [0.15, 0.2) is 22.8 Å². The van der Waals surface area contributed by atoms with Gasteiger partial charge >= 0.3 is 0 Å². The second-order valence-electron chi connectivity index (χ2n) is 10.1. The number of thiazole rings is 2. The van der Waals surface area contributed by atoms with Gasteiger partial charge in [-0.2, -0.15) is 0 Å². The van der Waals surface area contributed by atoms with Crippen molar-refractivity contribution in [2.75, 3.05) is 62.4 Å². The molecule has 2 saturated heterocycles. The summed E-state index contributed by atoms with van der Waals surface area (Å²) in [6.07, 6.45) is 1.81. The van der Waals surface area contributed by atoms with Gasteiger partial charge in [-0.05, 0) is 31.2 Å². The van der Waals surface area contributed by atoms with Crippen molar-refractivity contribution in [2.24, 2.45) is 0 Å². The number of anilines is 2. The van der Waals surface area contributed by atoms with E-state index in [1.807, 2.05) is 0 Å². The van der Waals surface area contributed by atoms with Gasteiger partial charge in [0.25, 0.3) is 0 Å². The summed E-state index contributed by atoms with van der Waals surface area (Å²) in [6, 6.07) is 12.6. The summed E-state index contributed by atoms with van der Waals surface area (Å²) in [5.41, 5.74) is 5.46. The number of nitrogens with zero attached hydrogens (tertiary/aromatic N) is 5. The summed E-state index contributed by atoms with van der Waals surface area (Å²) >= 11 is 2.86. The number of carbonyl (C=O) groups is 2. The molecule has 0 atom stereocenters. The average molecular weight is 588 g/mol. The molecule has 5 heterocycles. The molecule has 0 amide bonds. The zero-order chi connectivity index (χ0) is 27.9. The molecule has 0 spiro atoms. The third kappa shape index (κ3) is 4.62. The third-order valence-electron chi connectivity index (χ3n) is 7.79. The summed E-state index contributed by atoms with van der Waals surface area (Å²) in [7, 11) is 0. The molecule has 7 rings (SSSR count). The van der Waals surface area contributed by atoms with Crippen LogP contribution in [0.5, 0.6) is 0 Å². The Morgan fingerprint density at radius 2 is 1.17 bits per heavy atom. The molecule has 2 aliphatic rings. The number of ether oxygens (including phenoxy) is 2. The van der Waals surface area contributed by atoms with E-state index in [9.17, 15) is 9.59 Å². The maximum atomic E-state index is 12.1. The molecule has 0 aliphatic carbocycles. The number of fused-ring (bicyclic) bond motifs is 3. The summed E-state index contributed by atoms with van der Waals surface area (Å²) in [5.74, 6) is 0. The zero-order valence-electron chi connectivity index (χ0n) is 22.7. The third-order valence-corrected chi connectivity index (χ3v) is 9.87. The van der Waals surface area contributed by atoms with Crippen LogP contribution in [0.4, 0.5) is 10.3 Å². The van der Waals surface area contributed by atoms with Crippen LogP contribution in [0.3, 0.4) is 0 Å². The molecular weight excluding hydrogens is 558 g/mol. The molecular formula is C30H29N5O4S2. The Balaban J connectivity index is 1.34. The number of morpholine rings is 2. The van der Waals surface area contributed by atoms with Gasteiger partial charge in [0.2, 0.25) is 0 Å². The summed E-state index contributed by atoms with van der Waals surface area (Å²) in [4.78, 5) is 39.6. The van der Waals surface area contributed by atoms with Crippen LogP contribution in [0.15, 0.2) is 36.4 Å². The van der Waals surface area contributed by atoms with E-state index >= 15 is 0 Å². The van der Waals surface area contributed by atoms with Crippen molar-refractivity contribution in [1.82, 2.24) is 14.5 Å². The molecule has 5 aromatic rings. The maximum Gasteiger partial charge on any atom is 0.186 e. The molecule has 0 unspecified atom stereocenters. The second-order valence-corrected chi connectivity index (χ2v) is 12.1. The van der Waals surface area contributed by atoms with E-state index in [1.165, 1.54) is 22.7 Å². The van der Waals surface area contributed by atoms with Gasteiger partial charge in [-0.1, -0.05) is 34.8 Å². The number of benzene rings is 2. The van der Waals surface area contributed by atoms with Crippen molar-refractivity contribution < 1.29 is 19.1 Å². The Hall–Kier alpha value is -3.64. The van der Waals surface area contributed by atoms with Gasteiger partial charge in [-0.3, -0.25) is 9.59 Å². The van der Waals surface area contributed by atoms with Gasteiger partial charge in [-0.15, -0.1) is 0 Å². The number of aldehydes is 2. The van der Waals surface area contributed by atoms with Gasteiger partial charge in [0.1, 0.15) is 0 Å². The Kier molecular flexibility index (Phi) is 7.03. The van der Waals surface area contributed by atoms with Crippen LogP contribution in [-0.4, -0.2) is 79.7 Å². The molecule has 0 bridgehead atoms. The summed E-state index contributed by atoms with van der Waals surface area (Å²) in [5, 5.41) is 3.86. The van der Waals surface area contributed by atoms with Crippen molar-refractivity contribution in [3.8, 4) is 22.5 Å². The van der Waals surface area contributed by atoms with Crippen LogP contribution in [0, 0.1) is 0 Å². The van der Waals surface area contributed by atoms with Crippen molar-refractivity contribution in [1.29, 1.82) is 0 Å². The SMILES string of the molecule is CCn1c2ccc(-c3nc(N4CCOCC4)sc3C=O)cc2c2cc(-c3nc(N4CCOCC4)sc3C=O)ccc21. The minimum absolute atomic E-state index is 0.625. The number of aromatic nitrogens is 3. The molecule has 2 aromatic carbocycles. The highest BCUT2D eigenvalue weighted by Crippen LogP contribution is 2.39. The van der Waals surface area contributed by atoms with E-state index in [4.69, 9.17) is 19.4 Å². The monoisotopic (exact) mass is 587 g/mol. The van der Waals surface area contributed by atoms with Crippen LogP contribution in [0.25, 0.3) is 44.3 Å². The number of carbonyl (C=O) groups excluding carboxylic acids is 2. The maximum absolute atomic E-state index is 12.1. The van der Waals surface area contributed by atoms with Crippen molar-refractivity contribution in [3.05, 3.63) is 46.2 Å². The Labute approximate surface area is 244 Å². The van der Waals surface area contributed by atoms with Gasteiger partial charge in [0.05, 0.1) is 47.6 Å². The first-order chi connectivity index (χ1) is 20.2. The molecule has 9 nitrogen and oxygen atoms in total. The number of hydrogen-bond acceptors (Lipinski definition) is 10. The normalized spacial score (nSPS) is 16.1. The first-order valence-corrected chi connectivity index (χ1v) is 15.5. The quantitative estimate of drug-likeness (QED) is 0.235. The Morgan fingerprint density at radius 1 is 0.732 bits per heavy atom. The second kappa shape index (κ2) is 11.0. The molecule has 0 N–H and O–H groups in total. The minimum atomic E-state index is 0.625.